The van der Waals surface area contributed by atoms with Crippen molar-refractivity contribution in [2.45, 2.75) is 21.6 Å². The third-order valence-electron chi connectivity index (χ3n) is 3.12. The van der Waals surface area contributed by atoms with Crippen molar-refractivity contribution in [3.05, 3.63) is 88.3 Å². The second kappa shape index (κ2) is 8.04. The molecule has 0 fully saturated rings. The summed E-state index contributed by atoms with van der Waals surface area (Å²) in [5.74, 6) is 1.48. The Morgan fingerprint density at radius 1 is 0.870 bits per heavy atom. The summed E-state index contributed by atoms with van der Waals surface area (Å²) in [7, 11) is 0. The molecule has 3 aromatic rings. The molecule has 0 radical (unpaired) electrons. The molecular formula is C18H16N2OS2. The fourth-order valence-electron chi connectivity index (χ4n) is 2.03. The standard InChI is InChI=1S/C18H16N2OS2/c21-17-11-15(13-22-16-9-5-2-6-10-16)19-18(20-17)23-12-14-7-3-1-4-8-14/h1-11H,12-13H2,(H,19,20,21). The van der Waals surface area contributed by atoms with E-state index >= 15 is 0 Å². The zero-order valence-corrected chi connectivity index (χ0v) is 14.1. The predicted octanol–water partition coefficient (Wildman–Crippen LogP) is 4.35. The van der Waals surface area contributed by atoms with E-state index in [2.05, 4.69) is 34.2 Å². The Kier molecular flexibility index (Phi) is 5.56. The van der Waals surface area contributed by atoms with Gasteiger partial charge in [-0.2, -0.15) is 0 Å². The molecule has 0 aliphatic heterocycles. The van der Waals surface area contributed by atoms with Crippen LogP contribution in [-0.4, -0.2) is 9.97 Å². The molecule has 2 aromatic carbocycles. The van der Waals surface area contributed by atoms with E-state index in [4.69, 9.17) is 0 Å². The van der Waals surface area contributed by atoms with Gasteiger partial charge in [0, 0.05) is 22.5 Å². The van der Waals surface area contributed by atoms with Gasteiger partial charge in [0.15, 0.2) is 5.16 Å². The first kappa shape index (κ1) is 15.9. The van der Waals surface area contributed by atoms with E-state index in [0.29, 0.717) is 10.9 Å². The van der Waals surface area contributed by atoms with Gasteiger partial charge in [0.25, 0.3) is 5.56 Å². The second-order valence-electron chi connectivity index (χ2n) is 4.92. The summed E-state index contributed by atoms with van der Waals surface area (Å²) in [6.45, 7) is 0. The lowest BCUT2D eigenvalue weighted by Crippen LogP contribution is -2.09. The summed E-state index contributed by atoms with van der Waals surface area (Å²) < 4.78 is 0. The molecule has 1 heterocycles. The van der Waals surface area contributed by atoms with E-state index < -0.39 is 0 Å². The highest BCUT2D eigenvalue weighted by molar-refractivity contribution is 7.98. The molecule has 0 saturated carbocycles. The lowest BCUT2D eigenvalue weighted by molar-refractivity contribution is 0.899. The average Bonchev–Trinajstić information content (AvgIpc) is 2.60. The first-order chi connectivity index (χ1) is 11.3. The number of nitrogens with zero attached hydrogens (tertiary/aromatic N) is 1. The van der Waals surface area contributed by atoms with E-state index in [1.807, 2.05) is 36.4 Å². The molecular weight excluding hydrogens is 324 g/mol. The molecule has 23 heavy (non-hydrogen) atoms. The van der Waals surface area contributed by atoms with Crippen LogP contribution in [0.15, 0.2) is 81.6 Å². The SMILES string of the molecule is O=c1cc(CSc2ccccc2)nc(SCc2ccccc2)[nH]1. The van der Waals surface area contributed by atoms with E-state index in [1.54, 1.807) is 29.6 Å². The van der Waals surface area contributed by atoms with Gasteiger partial charge in [0.05, 0.1) is 5.69 Å². The van der Waals surface area contributed by atoms with E-state index in [1.165, 1.54) is 10.5 Å². The normalized spacial score (nSPS) is 10.6. The van der Waals surface area contributed by atoms with Crippen LogP contribution in [0.3, 0.4) is 0 Å². The smallest absolute Gasteiger partial charge is 0.251 e. The molecule has 3 nitrogen and oxygen atoms in total. The van der Waals surface area contributed by atoms with Gasteiger partial charge >= 0.3 is 0 Å². The third-order valence-corrected chi connectivity index (χ3v) is 5.11. The fraction of sp³-hybridized carbons (Fsp3) is 0.111. The molecule has 0 atom stereocenters. The minimum absolute atomic E-state index is 0.0979. The van der Waals surface area contributed by atoms with Crippen molar-refractivity contribution in [2.24, 2.45) is 0 Å². The molecule has 3 rings (SSSR count). The van der Waals surface area contributed by atoms with Crippen molar-refractivity contribution >= 4 is 23.5 Å². The molecule has 0 aliphatic rings. The lowest BCUT2D eigenvalue weighted by atomic mass is 10.2. The molecule has 5 heteroatoms. The van der Waals surface area contributed by atoms with Gasteiger partial charge in [-0.3, -0.25) is 4.79 Å². The Morgan fingerprint density at radius 2 is 1.57 bits per heavy atom. The quantitative estimate of drug-likeness (QED) is 0.535. The van der Waals surface area contributed by atoms with Crippen LogP contribution in [0.1, 0.15) is 11.3 Å². The van der Waals surface area contributed by atoms with Gasteiger partial charge in [-0.05, 0) is 17.7 Å². The van der Waals surface area contributed by atoms with E-state index in [0.717, 1.165) is 11.4 Å². The van der Waals surface area contributed by atoms with E-state index in [9.17, 15) is 4.79 Å². The summed E-state index contributed by atoms with van der Waals surface area (Å²) in [5, 5.41) is 0.671. The highest BCUT2D eigenvalue weighted by Gasteiger charge is 2.04. The van der Waals surface area contributed by atoms with Crippen molar-refractivity contribution < 1.29 is 0 Å². The number of thioether (sulfide) groups is 2. The van der Waals surface area contributed by atoms with Crippen LogP contribution in [0.4, 0.5) is 0 Å². The molecule has 0 unspecified atom stereocenters. The Hall–Kier alpha value is -1.98. The van der Waals surface area contributed by atoms with Crippen molar-refractivity contribution in [3.63, 3.8) is 0 Å². The van der Waals surface area contributed by atoms with Crippen molar-refractivity contribution in [1.29, 1.82) is 0 Å². The summed E-state index contributed by atoms with van der Waals surface area (Å²) in [6, 6.07) is 21.9. The highest BCUT2D eigenvalue weighted by Crippen LogP contribution is 2.22. The largest absolute Gasteiger partial charge is 0.301 e. The summed E-state index contributed by atoms with van der Waals surface area (Å²) in [5.41, 5.74) is 1.92. The number of aromatic amines is 1. The summed E-state index contributed by atoms with van der Waals surface area (Å²) >= 11 is 3.23. The zero-order valence-electron chi connectivity index (χ0n) is 12.4. The zero-order chi connectivity index (χ0) is 15.9. The second-order valence-corrected chi connectivity index (χ2v) is 6.93. The van der Waals surface area contributed by atoms with Crippen LogP contribution < -0.4 is 5.56 Å². The lowest BCUT2D eigenvalue weighted by Gasteiger charge is -2.05. The van der Waals surface area contributed by atoms with Gasteiger partial charge in [0.2, 0.25) is 0 Å². The summed E-state index contributed by atoms with van der Waals surface area (Å²) in [6.07, 6.45) is 0. The Balaban J connectivity index is 1.65. The molecule has 1 aromatic heterocycles. The van der Waals surface area contributed by atoms with Crippen LogP contribution in [0.2, 0.25) is 0 Å². The molecule has 116 valence electrons. The summed E-state index contributed by atoms with van der Waals surface area (Å²) in [4.78, 5) is 20.3. The number of benzene rings is 2. The number of nitrogens with one attached hydrogen (secondary N) is 1. The van der Waals surface area contributed by atoms with Gasteiger partial charge in [-0.25, -0.2) is 4.98 Å². The maximum atomic E-state index is 11.8. The van der Waals surface area contributed by atoms with Gasteiger partial charge in [0.1, 0.15) is 0 Å². The molecule has 0 spiro atoms. The minimum atomic E-state index is -0.0979. The molecule has 0 saturated heterocycles. The fourth-order valence-corrected chi connectivity index (χ4v) is 3.69. The van der Waals surface area contributed by atoms with Crippen LogP contribution in [0.5, 0.6) is 0 Å². The minimum Gasteiger partial charge on any atom is -0.301 e. The first-order valence-electron chi connectivity index (χ1n) is 7.24. The van der Waals surface area contributed by atoms with Gasteiger partial charge in [-0.1, -0.05) is 60.3 Å². The predicted molar refractivity (Wildman–Crippen MR) is 96.9 cm³/mol. The van der Waals surface area contributed by atoms with Crippen LogP contribution in [0.25, 0.3) is 0 Å². The van der Waals surface area contributed by atoms with Crippen LogP contribution >= 0.6 is 23.5 Å². The Morgan fingerprint density at radius 3 is 2.30 bits per heavy atom. The third kappa shape index (κ3) is 5.01. The highest BCUT2D eigenvalue weighted by atomic mass is 32.2. The topological polar surface area (TPSA) is 45.8 Å². The molecule has 1 N–H and O–H groups in total. The number of hydrogen-bond acceptors (Lipinski definition) is 4. The molecule has 0 bridgehead atoms. The maximum Gasteiger partial charge on any atom is 0.251 e. The number of hydrogen-bond donors (Lipinski definition) is 1. The van der Waals surface area contributed by atoms with Gasteiger partial charge < -0.3 is 4.98 Å². The monoisotopic (exact) mass is 340 g/mol. The van der Waals surface area contributed by atoms with Gasteiger partial charge in [-0.15, -0.1) is 11.8 Å². The number of H-pyrrole nitrogens is 1. The van der Waals surface area contributed by atoms with E-state index in [-0.39, 0.29) is 5.56 Å². The maximum absolute atomic E-state index is 11.8. The van der Waals surface area contributed by atoms with Crippen LogP contribution in [-0.2, 0) is 11.5 Å². The van der Waals surface area contributed by atoms with Crippen LogP contribution in [0, 0.1) is 0 Å². The van der Waals surface area contributed by atoms with Crippen molar-refractivity contribution in [3.8, 4) is 0 Å². The number of rotatable bonds is 6. The Labute approximate surface area is 143 Å². The first-order valence-corrected chi connectivity index (χ1v) is 9.21. The van der Waals surface area contributed by atoms with Crippen molar-refractivity contribution in [2.75, 3.05) is 0 Å². The Bertz CT molecular complexity index is 739. The number of aromatic nitrogens is 2. The van der Waals surface area contributed by atoms with Crippen molar-refractivity contribution in [1.82, 2.24) is 9.97 Å². The molecule has 0 aliphatic carbocycles. The average molecular weight is 340 g/mol. The molecule has 0 amide bonds.